The van der Waals surface area contributed by atoms with Crippen molar-refractivity contribution in [3.05, 3.63) is 59.8 Å². The fourth-order valence-electron chi connectivity index (χ4n) is 3.85. The Hall–Kier alpha value is -2.36. The van der Waals surface area contributed by atoms with Gasteiger partial charge in [-0.05, 0) is 24.3 Å². The standard InChI is InChI=1S/C21H25N3O/c1-2-21-22-12-13-24(21)15-19-14-20(25-23-19)18-10-8-17(9-11-18)16-6-4-3-5-7-16/h8-14,16H,2-7,15H2,1H3. The van der Waals surface area contributed by atoms with Crippen LogP contribution in [0.25, 0.3) is 11.3 Å². The topological polar surface area (TPSA) is 43.9 Å². The van der Waals surface area contributed by atoms with Gasteiger partial charge in [0.1, 0.15) is 11.5 Å². The number of imidazole rings is 1. The highest BCUT2D eigenvalue weighted by atomic mass is 16.5. The molecule has 2 heterocycles. The molecule has 0 N–H and O–H groups in total. The van der Waals surface area contributed by atoms with E-state index < -0.39 is 0 Å². The van der Waals surface area contributed by atoms with Gasteiger partial charge in [-0.25, -0.2) is 4.98 Å². The number of benzene rings is 1. The summed E-state index contributed by atoms with van der Waals surface area (Å²) < 4.78 is 7.69. The van der Waals surface area contributed by atoms with Crippen LogP contribution in [0.5, 0.6) is 0 Å². The van der Waals surface area contributed by atoms with E-state index in [2.05, 4.69) is 45.9 Å². The van der Waals surface area contributed by atoms with Gasteiger partial charge in [0.25, 0.3) is 0 Å². The largest absolute Gasteiger partial charge is 0.356 e. The lowest BCUT2D eigenvalue weighted by molar-refractivity contribution is 0.420. The zero-order chi connectivity index (χ0) is 17.1. The second-order valence-corrected chi connectivity index (χ2v) is 6.96. The monoisotopic (exact) mass is 335 g/mol. The number of aryl methyl sites for hydroxylation is 1. The zero-order valence-corrected chi connectivity index (χ0v) is 14.8. The van der Waals surface area contributed by atoms with Crippen molar-refractivity contribution in [2.45, 2.75) is 57.9 Å². The molecule has 0 aliphatic heterocycles. The van der Waals surface area contributed by atoms with Gasteiger partial charge in [-0.3, -0.25) is 0 Å². The first-order valence-corrected chi connectivity index (χ1v) is 9.39. The summed E-state index contributed by atoms with van der Waals surface area (Å²) in [6, 6.07) is 10.9. The summed E-state index contributed by atoms with van der Waals surface area (Å²) >= 11 is 0. The fourth-order valence-corrected chi connectivity index (χ4v) is 3.85. The lowest BCUT2D eigenvalue weighted by Crippen LogP contribution is -2.04. The molecule has 1 aromatic carbocycles. The van der Waals surface area contributed by atoms with Crippen molar-refractivity contribution in [2.75, 3.05) is 0 Å². The molecule has 1 fully saturated rings. The second kappa shape index (κ2) is 7.26. The van der Waals surface area contributed by atoms with Crippen LogP contribution in [0.3, 0.4) is 0 Å². The van der Waals surface area contributed by atoms with Gasteiger partial charge in [-0.2, -0.15) is 0 Å². The first-order chi connectivity index (χ1) is 12.3. The highest BCUT2D eigenvalue weighted by Gasteiger charge is 2.16. The first-order valence-electron chi connectivity index (χ1n) is 9.39. The van der Waals surface area contributed by atoms with Crippen molar-refractivity contribution in [3.8, 4) is 11.3 Å². The summed E-state index contributed by atoms with van der Waals surface area (Å²) in [6.07, 6.45) is 11.5. The Morgan fingerprint density at radius 3 is 2.68 bits per heavy atom. The Kier molecular flexibility index (Phi) is 4.68. The van der Waals surface area contributed by atoms with E-state index in [-0.39, 0.29) is 0 Å². The molecule has 4 nitrogen and oxygen atoms in total. The molecule has 0 bridgehead atoms. The van der Waals surface area contributed by atoms with E-state index >= 15 is 0 Å². The Labute approximate surface area is 148 Å². The van der Waals surface area contributed by atoms with Gasteiger partial charge in [0.2, 0.25) is 0 Å². The maximum absolute atomic E-state index is 5.57. The van der Waals surface area contributed by atoms with Crippen molar-refractivity contribution >= 4 is 0 Å². The van der Waals surface area contributed by atoms with Crippen LogP contribution in [0.1, 0.15) is 62.0 Å². The van der Waals surface area contributed by atoms with Gasteiger partial charge < -0.3 is 9.09 Å². The van der Waals surface area contributed by atoms with Crippen LogP contribution in [0, 0.1) is 0 Å². The molecule has 0 unspecified atom stereocenters. The van der Waals surface area contributed by atoms with Crippen LogP contribution in [-0.4, -0.2) is 14.7 Å². The van der Waals surface area contributed by atoms with E-state index in [9.17, 15) is 0 Å². The van der Waals surface area contributed by atoms with E-state index in [4.69, 9.17) is 4.52 Å². The van der Waals surface area contributed by atoms with Crippen LogP contribution < -0.4 is 0 Å². The van der Waals surface area contributed by atoms with Gasteiger partial charge >= 0.3 is 0 Å². The van der Waals surface area contributed by atoms with Gasteiger partial charge in [0.15, 0.2) is 5.76 Å². The van der Waals surface area contributed by atoms with Gasteiger partial charge in [0, 0.05) is 30.4 Å². The molecule has 0 atom stereocenters. The third-order valence-electron chi connectivity index (χ3n) is 5.28. The fraction of sp³-hybridized carbons (Fsp3) is 0.429. The summed E-state index contributed by atoms with van der Waals surface area (Å²) in [5, 5.41) is 4.23. The molecule has 0 spiro atoms. The molecular formula is C21H25N3O. The number of rotatable bonds is 5. The Morgan fingerprint density at radius 2 is 1.92 bits per heavy atom. The minimum absolute atomic E-state index is 0.701. The number of aromatic nitrogens is 3. The predicted molar refractivity (Wildman–Crippen MR) is 98.5 cm³/mol. The predicted octanol–water partition coefficient (Wildman–Crippen LogP) is 5.20. The summed E-state index contributed by atoms with van der Waals surface area (Å²) in [5.41, 5.74) is 3.49. The van der Waals surface area contributed by atoms with Crippen LogP contribution in [0.2, 0.25) is 0 Å². The molecule has 2 aromatic heterocycles. The molecule has 0 amide bonds. The molecule has 1 saturated carbocycles. The van der Waals surface area contributed by atoms with E-state index in [0.29, 0.717) is 6.54 Å². The summed E-state index contributed by atoms with van der Waals surface area (Å²) in [7, 11) is 0. The molecule has 25 heavy (non-hydrogen) atoms. The summed E-state index contributed by atoms with van der Waals surface area (Å²) in [5.74, 6) is 2.64. The average Bonchev–Trinajstić information content (AvgIpc) is 3.32. The lowest BCUT2D eigenvalue weighted by atomic mass is 9.84. The summed E-state index contributed by atoms with van der Waals surface area (Å²) in [4.78, 5) is 4.35. The van der Waals surface area contributed by atoms with Crippen molar-refractivity contribution in [1.29, 1.82) is 0 Å². The molecule has 4 rings (SSSR count). The van der Waals surface area contributed by atoms with Crippen molar-refractivity contribution < 1.29 is 4.52 Å². The van der Waals surface area contributed by atoms with Crippen LogP contribution in [0.15, 0.2) is 47.2 Å². The third-order valence-corrected chi connectivity index (χ3v) is 5.28. The van der Waals surface area contributed by atoms with Crippen LogP contribution in [0.4, 0.5) is 0 Å². The Balaban J connectivity index is 1.48. The van der Waals surface area contributed by atoms with Crippen LogP contribution in [-0.2, 0) is 13.0 Å². The van der Waals surface area contributed by atoms with Crippen molar-refractivity contribution in [2.24, 2.45) is 0 Å². The average molecular weight is 335 g/mol. The molecule has 0 radical (unpaired) electrons. The molecule has 130 valence electrons. The van der Waals surface area contributed by atoms with Gasteiger partial charge in [-0.1, -0.05) is 55.6 Å². The minimum atomic E-state index is 0.701. The zero-order valence-electron chi connectivity index (χ0n) is 14.8. The van der Waals surface area contributed by atoms with Crippen molar-refractivity contribution in [1.82, 2.24) is 14.7 Å². The maximum Gasteiger partial charge on any atom is 0.167 e. The second-order valence-electron chi connectivity index (χ2n) is 6.96. The Bertz CT molecular complexity index is 810. The van der Waals surface area contributed by atoms with Gasteiger partial charge in [-0.15, -0.1) is 0 Å². The van der Waals surface area contributed by atoms with E-state index in [1.807, 2.05) is 18.5 Å². The molecule has 1 aliphatic rings. The number of hydrogen-bond donors (Lipinski definition) is 0. The summed E-state index contributed by atoms with van der Waals surface area (Å²) in [6.45, 7) is 2.81. The van der Waals surface area contributed by atoms with Crippen LogP contribution >= 0.6 is 0 Å². The molecule has 0 saturated heterocycles. The molecule has 4 heteroatoms. The highest BCUT2D eigenvalue weighted by molar-refractivity contribution is 5.58. The third kappa shape index (κ3) is 3.53. The van der Waals surface area contributed by atoms with E-state index in [1.54, 1.807) is 0 Å². The number of nitrogens with zero attached hydrogens (tertiary/aromatic N) is 3. The minimum Gasteiger partial charge on any atom is -0.356 e. The molecule has 3 aromatic rings. The molecular weight excluding hydrogens is 310 g/mol. The highest BCUT2D eigenvalue weighted by Crippen LogP contribution is 2.33. The van der Waals surface area contributed by atoms with E-state index in [1.165, 1.54) is 37.7 Å². The van der Waals surface area contributed by atoms with E-state index in [0.717, 1.165) is 35.2 Å². The lowest BCUT2D eigenvalue weighted by Gasteiger charge is -2.21. The smallest absolute Gasteiger partial charge is 0.167 e. The maximum atomic E-state index is 5.57. The Morgan fingerprint density at radius 1 is 1.12 bits per heavy atom. The van der Waals surface area contributed by atoms with Gasteiger partial charge in [0.05, 0.1) is 6.54 Å². The number of hydrogen-bond acceptors (Lipinski definition) is 3. The normalized spacial score (nSPS) is 15.6. The first kappa shape index (κ1) is 16.1. The van der Waals surface area contributed by atoms with Crippen molar-refractivity contribution in [3.63, 3.8) is 0 Å². The SMILES string of the molecule is CCc1nccn1Cc1cc(-c2ccc(C3CCCCC3)cc2)on1. The molecule has 1 aliphatic carbocycles. The quantitative estimate of drug-likeness (QED) is 0.644.